The predicted octanol–water partition coefficient (Wildman–Crippen LogP) is 0.977. The van der Waals surface area contributed by atoms with Crippen LogP contribution in [0.15, 0.2) is 0 Å². The van der Waals surface area contributed by atoms with E-state index in [1.807, 2.05) is 0 Å². The molecule has 0 bridgehead atoms. The van der Waals surface area contributed by atoms with Crippen molar-refractivity contribution < 1.29 is 14.7 Å². The van der Waals surface area contributed by atoms with Crippen LogP contribution in [0.25, 0.3) is 0 Å². The molecule has 1 saturated heterocycles. The smallest absolute Gasteiger partial charge is 0.329 e. The normalized spacial score (nSPS) is 16.4. The van der Waals surface area contributed by atoms with Crippen LogP contribution in [0.4, 0.5) is 4.79 Å². The first kappa shape index (κ1) is 15.8. The third-order valence-electron chi connectivity index (χ3n) is 3.79. The van der Waals surface area contributed by atoms with Gasteiger partial charge in [-0.25, -0.2) is 9.59 Å². The van der Waals surface area contributed by atoms with E-state index in [1.54, 1.807) is 0 Å². The third kappa shape index (κ3) is 4.38. The van der Waals surface area contributed by atoms with Gasteiger partial charge in [0.1, 0.15) is 5.54 Å². The van der Waals surface area contributed by atoms with Gasteiger partial charge in [-0.15, -0.1) is 0 Å². The maximum Gasteiger partial charge on any atom is 0.329 e. The molecule has 0 aromatic heterocycles. The number of carboxylic acid groups (broad SMARTS) is 1. The average molecular weight is 271 g/mol. The van der Waals surface area contributed by atoms with Crippen LogP contribution in [0, 0.1) is 0 Å². The van der Waals surface area contributed by atoms with E-state index in [1.165, 1.54) is 38.6 Å². The summed E-state index contributed by atoms with van der Waals surface area (Å²) in [6.07, 6.45) is 3.43. The fraction of sp³-hybridized carbons (Fsp3) is 0.846. The summed E-state index contributed by atoms with van der Waals surface area (Å²) >= 11 is 0. The van der Waals surface area contributed by atoms with Crippen LogP contribution in [-0.4, -0.2) is 65.7 Å². The molecule has 1 fully saturated rings. The van der Waals surface area contributed by atoms with E-state index in [4.69, 9.17) is 5.11 Å². The zero-order valence-electron chi connectivity index (χ0n) is 12.1. The Bertz CT molecular complexity index is 325. The number of nitrogens with one attached hydrogen (secondary N) is 1. The molecule has 2 N–H and O–H groups in total. The monoisotopic (exact) mass is 271 g/mol. The molecular formula is C13H25N3O3. The Kier molecular flexibility index (Phi) is 5.60. The second kappa shape index (κ2) is 6.75. The van der Waals surface area contributed by atoms with Crippen LogP contribution in [0.5, 0.6) is 0 Å². The lowest BCUT2D eigenvalue weighted by atomic mass is 10.1. The number of likely N-dealkylation sites (N-methyl/N-ethyl adjacent to an activating group) is 1. The van der Waals surface area contributed by atoms with Crippen LogP contribution < -0.4 is 5.32 Å². The van der Waals surface area contributed by atoms with Gasteiger partial charge in [-0.2, -0.15) is 0 Å². The molecule has 1 rings (SSSR count). The zero-order valence-corrected chi connectivity index (χ0v) is 12.1. The lowest BCUT2D eigenvalue weighted by Crippen LogP contribution is -2.54. The summed E-state index contributed by atoms with van der Waals surface area (Å²) in [6, 6.07) is -0.339. The number of rotatable bonds is 6. The lowest BCUT2D eigenvalue weighted by Gasteiger charge is -2.31. The molecule has 6 heteroatoms. The highest BCUT2D eigenvalue weighted by atomic mass is 16.4. The summed E-state index contributed by atoms with van der Waals surface area (Å²) in [5.74, 6) is -1.01. The maximum absolute atomic E-state index is 11.8. The number of likely N-dealkylation sites (tertiary alicyclic amines) is 1. The Morgan fingerprint density at radius 2 is 1.89 bits per heavy atom. The van der Waals surface area contributed by atoms with Crippen LogP contribution >= 0.6 is 0 Å². The topological polar surface area (TPSA) is 72.9 Å². The molecule has 0 unspecified atom stereocenters. The van der Waals surface area contributed by atoms with Gasteiger partial charge in [-0.3, -0.25) is 0 Å². The lowest BCUT2D eigenvalue weighted by molar-refractivity contribution is -0.146. The Balaban J connectivity index is 2.24. The van der Waals surface area contributed by atoms with Crippen molar-refractivity contribution in [1.29, 1.82) is 0 Å². The SMILES string of the molecule is CN(C(=O)NCCCN1CCCC1)C(C)(C)C(=O)O. The van der Waals surface area contributed by atoms with Crippen molar-refractivity contribution in [3.8, 4) is 0 Å². The number of amides is 2. The second-order valence-corrected chi connectivity index (χ2v) is 5.56. The fourth-order valence-electron chi connectivity index (χ4n) is 2.02. The average Bonchev–Trinajstić information content (AvgIpc) is 2.86. The van der Waals surface area contributed by atoms with E-state index in [9.17, 15) is 9.59 Å². The number of carboxylic acids is 1. The van der Waals surface area contributed by atoms with Gasteiger partial charge >= 0.3 is 12.0 Å². The molecule has 1 aliphatic heterocycles. The van der Waals surface area contributed by atoms with Gasteiger partial charge in [0.05, 0.1) is 0 Å². The number of aliphatic carboxylic acids is 1. The molecule has 0 aromatic rings. The van der Waals surface area contributed by atoms with Crippen LogP contribution in [0.3, 0.4) is 0 Å². The third-order valence-corrected chi connectivity index (χ3v) is 3.79. The molecule has 0 saturated carbocycles. The summed E-state index contributed by atoms with van der Waals surface area (Å²) in [6.45, 7) is 6.90. The van der Waals surface area contributed by atoms with Crippen LogP contribution in [-0.2, 0) is 4.79 Å². The first-order valence-electron chi connectivity index (χ1n) is 6.83. The largest absolute Gasteiger partial charge is 0.480 e. The number of hydrogen-bond donors (Lipinski definition) is 2. The first-order valence-corrected chi connectivity index (χ1v) is 6.83. The summed E-state index contributed by atoms with van der Waals surface area (Å²) in [5, 5.41) is 11.8. The minimum absolute atomic E-state index is 0.339. The highest BCUT2D eigenvalue weighted by Crippen LogP contribution is 2.12. The van der Waals surface area contributed by atoms with Gasteiger partial charge in [0, 0.05) is 13.6 Å². The molecule has 0 spiro atoms. The summed E-state index contributed by atoms with van der Waals surface area (Å²) in [7, 11) is 1.50. The summed E-state index contributed by atoms with van der Waals surface area (Å²) < 4.78 is 0. The minimum atomic E-state index is -1.20. The predicted molar refractivity (Wildman–Crippen MR) is 73.2 cm³/mol. The first-order chi connectivity index (χ1) is 8.85. The minimum Gasteiger partial charge on any atom is -0.480 e. The zero-order chi connectivity index (χ0) is 14.5. The Labute approximate surface area is 114 Å². The standard InChI is InChI=1S/C13H25N3O3/c1-13(2,11(17)18)15(3)12(19)14-7-6-10-16-8-4-5-9-16/h4-10H2,1-3H3,(H,14,19)(H,17,18). The Morgan fingerprint density at radius 1 is 1.32 bits per heavy atom. The van der Waals surface area contributed by atoms with Crippen LogP contribution in [0.2, 0.25) is 0 Å². The van der Waals surface area contributed by atoms with E-state index in [2.05, 4.69) is 10.2 Å². The molecule has 110 valence electrons. The van der Waals surface area contributed by atoms with Crippen molar-refractivity contribution in [2.75, 3.05) is 33.2 Å². The van der Waals surface area contributed by atoms with Gasteiger partial charge in [0.2, 0.25) is 0 Å². The van der Waals surface area contributed by atoms with E-state index in [0.717, 1.165) is 26.1 Å². The molecule has 0 aromatic carbocycles. The molecule has 6 nitrogen and oxygen atoms in total. The van der Waals surface area contributed by atoms with E-state index in [0.29, 0.717) is 6.54 Å². The number of urea groups is 1. The molecule has 0 radical (unpaired) electrons. The molecule has 0 atom stereocenters. The second-order valence-electron chi connectivity index (χ2n) is 5.56. The van der Waals surface area contributed by atoms with Gasteiger partial charge in [-0.05, 0) is 52.7 Å². The molecule has 1 aliphatic rings. The number of carbonyl (C=O) groups excluding carboxylic acids is 1. The van der Waals surface area contributed by atoms with Crippen molar-refractivity contribution in [1.82, 2.24) is 15.1 Å². The van der Waals surface area contributed by atoms with Crippen LogP contribution in [0.1, 0.15) is 33.1 Å². The number of carbonyl (C=O) groups is 2. The van der Waals surface area contributed by atoms with Crippen molar-refractivity contribution >= 4 is 12.0 Å². The van der Waals surface area contributed by atoms with Gasteiger partial charge in [-0.1, -0.05) is 0 Å². The van der Waals surface area contributed by atoms with E-state index >= 15 is 0 Å². The summed E-state index contributed by atoms with van der Waals surface area (Å²) in [4.78, 5) is 26.5. The van der Waals surface area contributed by atoms with Crippen molar-refractivity contribution in [2.24, 2.45) is 0 Å². The quantitative estimate of drug-likeness (QED) is 0.706. The van der Waals surface area contributed by atoms with Gasteiger partial charge < -0.3 is 20.2 Å². The molecular weight excluding hydrogens is 246 g/mol. The highest BCUT2D eigenvalue weighted by Gasteiger charge is 2.35. The van der Waals surface area contributed by atoms with E-state index in [-0.39, 0.29) is 6.03 Å². The highest BCUT2D eigenvalue weighted by molar-refractivity contribution is 5.85. The number of hydrogen-bond acceptors (Lipinski definition) is 3. The maximum atomic E-state index is 11.8. The number of nitrogens with zero attached hydrogens (tertiary/aromatic N) is 2. The summed E-state index contributed by atoms with van der Waals surface area (Å²) in [5.41, 5.74) is -1.20. The van der Waals surface area contributed by atoms with Crippen molar-refractivity contribution in [2.45, 2.75) is 38.6 Å². The van der Waals surface area contributed by atoms with E-state index < -0.39 is 11.5 Å². The van der Waals surface area contributed by atoms with Gasteiger partial charge in [0.25, 0.3) is 0 Å². The van der Waals surface area contributed by atoms with Gasteiger partial charge in [0.15, 0.2) is 0 Å². The molecule has 1 heterocycles. The Morgan fingerprint density at radius 3 is 2.42 bits per heavy atom. The Hall–Kier alpha value is -1.30. The van der Waals surface area contributed by atoms with Crippen molar-refractivity contribution in [3.05, 3.63) is 0 Å². The molecule has 2 amide bonds. The van der Waals surface area contributed by atoms with Crippen molar-refractivity contribution in [3.63, 3.8) is 0 Å². The molecule has 0 aliphatic carbocycles. The fourth-order valence-corrected chi connectivity index (χ4v) is 2.02. The molecule has 19 heavy (non-hydrogen) atoms.